The van der Waals surface area contributed by atoms with E-state index in [-0.39, 0.29) is 17.9 Å². The fourth-order valence-electron chi connectivity index (χ4n) is 3.13. The average molecular weight is 392 g/mol. The molecule has 150 valence electrons. The minimum Gasteiger partial charge on any atom is -0.353 e. The highest BCUT2D eigenvalue weighted by Gasteiger charge is 2.20. The number of rotatable bonds is 7. The second-order valence-corrected chi connectivity index (χ2v) is 8.79. The summed E-state index contributed by atoms with van der Waals surface area (Å²) in [6.45, 7) is 11.8. The van der Waals surface area contributed by atoms with Gasteiger partial charge in [0.2, 0.25) is 11.8 Å². The number of amides is 2. The van der Waals surface area contributed by atoms with Crippen molar-refractivity contribution in [2.45, 2.75) is 51.0 Å². The van der Waals surface area contributed by atoms with E-state index in [0.29, 0.717) is 24.8 Å². The van der Waals surface area contributed by atoms with Crippen LogP contribution < -0.4 is 5.32 Å². The Morgan fingerprint density at radius 3 is 2.37 bits per heavy atom. The summed E-state index contributed by atoms with van der Waals surface area (Å²) >= 11 is 1.60. The minimum atomic E-state index is 0.0603. The lowest BCUT2D eigenvalue weighted by Gasteiger charge is -2.22. The molecule has 0 radical (unpaired) electrons. The molecule has 1 N–H and O–H groups in total. The number of thioether (sulfide) groups is 1. The molecule has 1 saturated heterocycles. The third-order valence-electron chi connectivity index (χ3n) is 4.67. The van der Waals surface area contributed by atoms with E-state index in [4.69, 9.17) is 0 Å². The summed E-state index contributed by atoms with van der Waals surface area (Å²) in [4.78, 5) is 29.7. The number of hydrogen-bond donors (Lipinski definition) is 1. The van der Waals surface area contributed by atoms with Gasteiger partial charge in [0.1, 0.15) is 0 Å². The van der Waals surface area contributed by atoms with Crippen molar-refractivity contribution in [3.63, 3.8) is 0 Å². The first-order chi connectivity index (χ1) is 12.8. The summed E-state index contributed by atoms with van der Waals surface area (Å²) in [6, 6.07) is 8.65. The highest BCUT2D eigenvalue weighted by Crippen LogP contribution is 2.22. The predicted octanol–water partition coefficient (Wildman–Crippen LogP) is 2.96. The molecule has 0 bridgehead atoms. The van der Waals surface area contributed by atoms with E-state index < -0.39 is 0 Å². The van der Waals surface area contributed by atoms with E-state index in [1.54, 1.807) is 11.8 Å². The number of nitrogens with zero attached hydrogens (tertiary/aromatic N) is 2. The number of carbonyl (C=O) groups is 2. The fourth-order valence-corrected chi connectivity index (χ4v) is 3.94. The first kappa shape index (κ1) is 21.8. The smallest absolute Gasteiger partial charge is 0.234 e. The van der Waals surface area contributed by atoms with Gasteiger partial charge in [-0.25, -0.2) is 0 Å². The second-order valence-electron chi connectivity index (χ2n) is 7.75. The van der Waals surface area contributed by atoms with Crippen LogP contribution in [0.2, 0.25) is 0 Å². The molecule has 1 aromatic rings. The lowest BCUT2D eigenvalue weighted by molar-refractivity contribution is -0.128. The van der Waals surface area contributed by atoms with Crippen LogP contribution in [0.25, 0.3) is 0 Å². The van der Waals surface area contributed by atoms with Gasteiger partial charge in [-0.2, -0.15) is 0 Å². The maximum absolute atomic E-state index is 12.6. The zero-order valence-corrected chi connectivity index (χ0v) is 17.8. The first-order valence-corrected chi connectivity index (χ1v) is 10.9. The summed E-state index contributed by atoms with van der Waals surface area (Å²) in [6.07, 6.45) is 0.911. The number of nitrogens with one attached hydrogen (secondary N) is 1. The molecular weight excluding hydrogens is 358 g/mol. The molecule has 2 amide bonds. The van der Waals surface area contributed by atoms with Crippen molar-refractivity contribution in [3.05, 3.63) is 29.8 Å². The molecule has 0 aliphatic carbocycles. The van der Waals surface area contributed by atoms with Gasteiger partial charge in [0.05, 0.1) is 12.3 Å². The minimum absolute atomic E-state index is 0.0603. The van der Waals surface area contributed by atoms with E-state index in [1.807, 2.05) is 18.7 Å². The van der Waals surface area contributed by atoms with Gasteiger partial charge in [-0.1, -0.05) is 26.0 Å². The normalized spacial score (nSPS) is 15.9. The number of hydrogen-bond acceptors (Lipinski definition) is 4. The highest BCUT2D eigenvalue weighted by atomic mass is 32.2. The lowest BCUT2D eigenvalue weighted by atomic mass is 10.0. The third-order valence-corrected chi connectivity index (χ3v) is 5.66. The zero-order valence-electron chi connectivity index (χ0n) is 17.0. The van der Waals surface area contributed by atoms with Gasteiger partial charge in [0, 0.05) is 37.1 Å². The summed E-state index contributed by atoms with van der Waals surface area (Å²) in [5.74, 6) is 1.23. The third kappa shape index (κ3) is 7.54. The van der Waals surface area contributed by atoms with Crippen LogP contribution >= 0.6 is 11.8 Å². The SMILES string of the molecule is CC(C)NC(=O)CN1CCCN(C(=O)CSc2ccc(C(C)C)cc2)CC1. The Morgan fingerprint density at radius 2 is 1.74 bits per heavy atom. The summed E-state index contributed by atoms with van der Waals surface area (Å²) < 4.78 is 0. The molecule has 1 fully saturated rings. The van der Waals surface area contributed by atoms with Crippen LogP contribution in [-0.4, -0.2) is 66.1 Å². The van der Waals surface area contributed by atoms with Gasteiger partial charge in [-0.15, -0.1) is 11.8 Å². The van der Waals surface area contributed by atoms with Crippen LogP contribution in [0.1, 0.15) is 45.6 Å². The molecular formula is C21H33N3O2S. The van der Waals surface area contributed by atoms with Gasteiger partial charge < -0.3 is 10.2 Å². The molecule has 1 aliphatic heterocycles. The van der Waals surface area contributed by atoms with Gasteiger partial charge >= 0.3 is 0 Å². The lowest BCUT2D eigenvalue weighted by Crippen LogP contribution is -2.42. The van der Waals surface area contributed by atoms with Crippen LogP contribution in [-0.2, 0) is 9.59 Å². The molecule has 27 heavy (non-hydrogen) atoms. The molecule has 0 atom stereocenters. The Bertz CT molecular complexity index is 616. The van der Waals surface area contributed by atoms with E-state index in [2.05, 4.69) is 48.3 Å². The fraction of sp³-hybridized carbons (Fsp3) is 0.619. The highest BCUT2D eigenvalue weighted by molar-refractivity contribution is 8.00. The summed E-state index contributed by atoms with van der Waals surface area (Å²) in [5, 5.41) is 2.93. The van der Waals surface area contributed by atoms with Gasteiger partial charge in [-0.3, -0.25) is 14.5 Å². The van der Waals surface area contributed by atoms with Crippen molar-refractivity contribution < 1.29 is 9.59 Å². The molecule has 0 aromatic heterocycles. The van der Waals surface area contributed by atoms with E-state index >= 15 is 0 Å². The Balaban J connectivity index is 1.77. The zero-order chi connectivity index (χ0) is 19.8. The first-order valence-electron chi connectivity index (χ1n) is 9.87. The Kier molecular flexibility index (Phi) is 8.64. The van der Waals surface area contributed by atoms with Crippen molar-refractivity contribution in [2.24, 2.45) is 0 Å². The molecule has 2 rings (SSSR count). The molecule has 6 heteroatoms. The Hall–Kier alpha value is -1.53. The molecule has 5 nitrogen and oxygen atoms in total. The molecule has 1 aromatic carbocycles. The summed E-state index contributed by atoms with van der Waals surface area (Å²) in [5.41, 5.74) is 1.32. The number of carbonyl (C=O) groups excluding carboxylic acids is 2. The van der Waals surface area contributed by atoms with Crippen LogP contribution in [0.3, 0.4) is 0 Å². The van der Waals surface area contributed by atoms with E-state index in [9.17, 15) is 9.59 Å². The Labute approximate surface area is 167 Å². The average Bonchev–Trinajstić information content (AvgIpc) is 2.85. The Morgan fingerprint density at radius 1 is 1.04 bits per heavy atom. The molecule has 0 unspecified atom stereocenters. The van der Waals surface area contributed by atoms with Crippen molar-refractivity contribution >= 4 is 23.6 Å². The van der Waals surface area contributed by atoms with Crippen LogP contribution in [0.15, 0.2) is 29.2 Å². The van der Waals surface area contributed by atoms with Gasteiger partial charge in [-0.05, 0) is 43.9 Å². The maximum Gasteiger partial charge on any atom is 0.234 e. The van der Waals surface area contributed by atoms with E-state index in [0.717, 1.165) is 31.0 Å². The van der Waals surface area contributed by atoms with Gasteiger partial charge in [0.25, 0.3) is 0 Å². The topological polar surface area (TPSA) is 52.7 Å². The molecule has 0 saturated carbocycles. The van der Waals surface area contributed by atoms with Crippen molar-refractivity contribution in [1.29, 1.82) is 0 Å². The number of benzene rings is 1. The quantitative estimate of drug-likeness (QED) is 0.726. The molecule has 1 aliphatic rings. The summed E-state index contributed by atoms with van der Waals surface area (Å²) in [7, 11) is 0. The predicted molar refractivity (Wildman–Crippen MR) is 112 cm³/mol. The monoisotopic (exact) mass is 391 g/mol. The molecule has 1 heterocycles. The van der Waals surface area contributed by atoms with Crippen LogP contribution in [0.4, 0.5) is 0 Å². The van der Waals surface area contributed by atoms with Crippen LogP contribution in [0, 0.1) is 0 Å². The van der Waals surface area contributed by atoms with Crippen molar-refractivity contribution in [3.8, 4) is 0 Å². The van der Waals surface area contributed by atoms with E-state index in [1.165, 1.54) is 5.56 Å². The maximum atomic E-state index is 12.6. The standard InChI is InChI=1S/C21H33N3O2S/c1-16(2)18-6-8-19(9-7-18)27-15-21(26)24-11-5-10-23(12-13-24)14-20(25)22-17(3)4/h6-9,16-17H,5,10-15H2,1-4H3,(H,22,25). The van der Waals surface area contributed by atoms with Gasteiger partial charge in [0.15, 0.2) is 0 Å². The largest absolute Gasteiger partial charge is 0.353 e. The van der Waals surface area contributed by atoms with Crippen molar-refractivity contribution in [2.75, 3.05) is 38.5 Å². The molecule has 0 spiro atoms. The van der Waals surface area contributed by atoms with Crippen molar-refractivity contribution in [1.82, 2.24) is 15.1 Å². The second kappa shape index (κ2) is 10.7. The van der Waals surface area contributed by atoms with Crippen LogP contribution in [0.5, 0.6) is 0 Å².